The molecule has 25 heavy (non-hydrogen) atoms. The van der Waals surface area contributed by atoms with E-state index in [-0.39, 0.29) is 5.91 Å². The standard InChI is InChI=1S/C19H24N2O4/c1-15(25-14-16-5-4-6-18(13-16)24-3)19(22)21(11-12-23-2)17-7-9-20-10-8-17/h4-10,13,15H,11-12,14H2,1-3H3/t15-/m1/s1. The molecule has 0 saturated carbocycles. The Balaban J connectivity index is 2.02. The van der Waals surface area contributed by atoms with Crippen molar-refractivity contribution < 1.29 is 19.0 Å². The van der Waals surface area contributed by atoms with Crippen LogP contribution in [0.25, 0.3) is 0 Å². The first-order valence-corrected chi connectivity index (χ1v) is 8.10. The molecule has 0 radical (unpaired) electrons. The van der Waals surface area contributed by atoms with Gasteiger partial charge in [-0.3, -0.25) is 9.78 Å². The summed E-state index contributed by atoms with van der Waals surface area (Å²) in [6.07, 6.45) is 2.73. The number of carbonyl (C=O) groups excluding carboxylic acids is 1. The molecule has 134 valence electrons. The summed E-state index contributed by atoms with van der Waals surface area (Å²) in [7, 11) is 3.23. The fraction of sp³-hybridized carbons (Fsp3) is 0.368. The minimum absolute atomic E-state index is 0.119. The summed E-state index contributed by atoms with van der Waals surface area (Å²) in [5, 5.41) is 0. The molecule has 0 aliphatic carbocycles. The molecule has 2 rings (SSSR count). The second-order valence-electron chi connectivity index (χ2n) is 5.49. The van der Waals surface area contributed by atoms with E-state index < -0.39 is 6.10 Å². The lowest BCUT2D eigenvalue weighted by Gasteiger charge is -2.25. The molecule has 0 bridgehead atoms. The van der Waals surface area contributed by atoms with Crippen LogP contribution in [-0.4, -0.2) is 44.4 Å². The summed E-state index contributed by atoms with van der Waals surface area (Å²) in [5.41, 5.74) is 1.72. The van der Waals surface area contributed by atoms with E-state index in [1.807, 2.05) is 24.3 Å². The van der Waals surface area contributed by atoms with Crippen molar-refractivity contribution in [3.63, 3.8) is 0 Å². The van der Waals surface area contributed by atoms with Crippen molar-refractivity contribution in [1.29, 1.82) is 0 Å². The fourth-order valence-corrected chi connectivity index (χ4v) is 2.35. The molecule has 0 fully saturated rings. The summed E-state index contributed by atoms with van der Waals surface area (Å²) in [4.78, 5) is 18.4. The van der Waals surface area contributed by atoms with Gasteiger partial charge in [-0.1, -0.05) is 12.1 Å². The number of ether oxygens (including phenoxy) is 3. The molecule has 0 N–H and O–H groups in total. The highest BCUT2D eigenvalue weighted by Crippen LogP contribution is 2.17. The average Bonchev–Trinajstić information content (AvgIpc) is 2.67. The normalized spacial score (nSPS) is 11.8. The zero-order valence-corrected chi connectivity index (χ0v) is 14.8. The Bertz CT molecular complexity index is 663. The minimum atomic E-state index is -0.587. The predicted molar refractivity (Wildman–Crippen MR) is 95.7 cm³/mol. The van der Waals surface area contributed by atoms with Gasteiger partial charge in [-0.15, -0.1) is 0 Å². The van der Waals surface area contributed by atoms with Gasteiger partial charge in [-0.05, 0) is 36.8 Å². The van der Waals surface area contributed by atoms with Gasteiger partial charge >= 0.3 is 0 Å². The van der Waals surface area contributed by atoms with E-state index in [9.17, 15) is 4.79 Å². The van der Waals surface area contributed by atoms with Crippen molar-refractivity contribution in [2.24, 2.45) is 0 Å². The second kappa shape index (κ2) is 9.76. The molecular formula is C19H24N2O4. The lowest BCUT2D eigenvalue weighted by Crippen LogP contribution is -2.41. The summed E-state index contributed by atoms with van der Waals surface area (Å²) in [6, 6.07) is 11.2. The molecule has 0 aliphatic heterocycles. The lowest BCUT2D eigenvalue weighted by atomic mass is 10.2. The number of carbonyl (C=O) groups is 1. The van der Waals surface area contributed by atoms with Crippen LogP contribution in [0.5, 0.6) is 5.75 Å². The molecule has 1 atom stereocenters. The molecule has 1 aromatic carbocycles. The molecule has 2 aromatic rings. The zero-order valence-electron chi connectivity index (χ0n) is 14.8. The van der Waals surface area contributed by atoms with E-state index in [1.54, 1.807) is 50.6 Å². The SMILES string of the molecule is COCCN(C(=O)[C@@H](C)OCc1cccc(OC)c1)c1ccncc1. The third-order valence-electron chi connectivity index (χ3n) is 3.74. The fourth-order valence-electron chi connectivity index (χ4n) is 2.35. The zero-order chi connectivity index (χ0) is 18.1. The number of rotatable bonds is 9. The maximum absolute atomic E-state index is 12.8. The van der Waals surface area contributed by atoms with Crippen molar-refractivity contribution in [1.82, 2.24) is 4.98 Å². The van der Waals surface area contributed by atoms with E-state index in [1.165, 1.54) is 0 Å². The monoisotopic (exact) mass is 344 g/mol. The highest BCUT2D eigenvalue weighted by atomic mass is 16.5. The topological polar surface area (TPSA) is 60.9 Å². The van der Waals surface area contributed by atoms with Crippen LogP contribution in [0.3, 0.4) is 0 Å². The number of amides is 1. The molecular weight excluding hydrogens is 320 g/mol. The molecule has 1 aromatic heterocycles. The summed E-state index contributed by atoms with van der Waals surface area (Å²) >= 11 is 0. The molecule has 0 aliphatic rings. The number of hydrogen-bond acceptors (Lipinski definition) is 5. The number of aromatic nitrogens is 1. The Labute approximate surface area is 148 Å². The van der Waals surface area contributed by atoms with Gasteiger partial charge in [0.2, 0.25) is 0 Å². The first kappa shape index (κ1) is 18.9. The van der Waals surface area contributed by atoms with Crippen molar-refractivity contribution in [3.05, 3.63) is 54.4 Å². The van der Waals surface area contributed by atoms with Gasteiger partial charge in [0.1, 0.15) is 11.9 Å². The highest BCUT2D eigenvalue weighted by molar-refractivity contribution is 5.96. The lowest BCUT2D eigenvalue weighted by molar-refractivity contribution is -0.129. The summed E-state index contributed by atoms with van der Waals surface area (Å²) in [6.45, 7) is 2.98. The number of nitrogens with zero attached hydrogens (tertiary/aromatic N) is 2. The molecule has 0 saturated heterocycles. The van der Waals surface area contributed by atoms with Gasteiger partial charge in [-0.25, -0.2) is 0 Å². The highest BCUT2D eigenvalue weighted by Gasteiger charge is 2.22. The van der Waals surface area contributed by atoms with Crippen molar-refractivity contribution >= 4 is 11.6 Å². The third-order valence-corrected chi connectivity index (χ3v) is 3.74. The van der Waals surface area contributed by atoms with Gasteiger partial charge < -0.3 is 19.1 Å². The van der Waals surface area contributed by atoms with Gasteiger partial charge in [0.05, 0.1) is 20.3 Å². The van der Waals surface area contributed by atoms with Crippen molar-refractivity contribution in [2.45, 2.75) is 19.6 Å². The number of pyridine rings is 1. The average molecular weight is 344 g/mol. The Kier molecular flexibility index (Phi) is 7.37. The predicted octanol–water partition coefficient (Wildman–Crippen LogP) is 2.67. The van der Waals surface area contributed by atoms with Crippen LogP contribution in [-0.2, 0) is 20.9 Å². The van der Waals surface area contributed by atoms with Crippen LogP contribution in [0.15, 0.2) is 48.8 Å². The van der Waals surface area contributed by atoms with Crippen LogP contribution in [0, 0.1) is 0 Å². The van der Waals surface area contributed by atoms with Gasteiger partial charge in [-0.2, -0.15) is 0 Å². The maximum Gasteiger partial charge on any atom is 0.255 e. The van der Waals surface area contributed by atoms with E-state index in [0.29, 0.717) is 19.8 Å². The molecule has 0 unspecified atom stereocenters. The Hall–Kier alpha value is -2.44. The van der Waals surface area contributed by atoms with Crippen LogP contribution in [0.4, 0.5) is 5.69 Å². The molecule has 1 amide bonds. The maximum atomic E-state index is 12.8. The number of benzene rings is 1. The second-order valence-corrected chi connectivity index (χ2v) is 5.49. The summed E-state index contributed by atoms with van der Waals surface area (Å²) in [5.74, 6) is 0.643. The van der Waals surface area contributed by atoms with Crippen molar-refractivity contribution in [3.8, 4) is 5.75 Å². The van der Waals surface area contributed by atoms with Gasteiger partial charge in [0.25, 0.3) is 5.91 Å². The third kappa shape index (κ3) is 5.55. The molecule has 6 nitrogen and oxygen atoms in total. The van der Waals surface area contributed by atoms with Crippen LogP contribution < -0.4 is 9.64 Å². The largest absolute Gasteiger partial charge is 0.497 e. The smallest absolute Gasteiger partial charge is 0.255 e. The van der Waals surface area contributed by atoms with E-state index in [0.717, 1.165) is 17.0 Å². The number of anilines is 1. The van der Waals surface area contributed by atoms with Crippen LogP contribution >= 0.6 is 0 Å². The Morgan fingerprint density at radius 1 is 1.20 bits per heavy atom. The first-order valence-electron chi connectivity index (χ1n) is 8.10. The van der Waals surface area contributed by atoms with E-state index in [2.05, 4.69) is 4.98 Å². The summed E-state index contributed by atoms with van der Waals surface area (Å²) < 4.78 is 16.1. The Morgan fingerprint density at radius 3 is 2.64 bits per heavy atom. The molecule has 0 spiro atoms. The minimum Gasteiger partial charge on any atom is -0.497 e. The van der Waals surface area contributed by atoms with Gasteiger partial charge in [0.15, 0.2) is 0 Å². The van der Waals surface area contributed by atoms with Crippen molar-refractivity contribution in [2.75, 3.05) is 32.3 Å². The first-order chi connectivity index (χ1) is 12.2. The number of hydrogen-bond donors (Lipinski definition) is 0. The molecule has 6 heteroatoms. The Morgan fingerprint density at radius 2 is 1.96 bits per heavy atom. The van der Waals surface area contributed by atoms with Crippen LogP contribution in [0.2, 0.25) is 0 Å². The molecule has 1 heterocycles. The van der Waals surface area contributed by atoms with Crippen LogP contribution in [0.1, 0.15) is 12.5 Å². The van der Waals surface area contributed by atoms with Gasteiger partial charge in [0, 0.05) is 31.7 Å². The van der Waals surface area contributed by atoms with E-state index >= 15 is 0 Å². The number of methoxy groups -OCH3 is 2. The quantitative estimate of drug-likeness (QED) is 0.700. The van der Waals surface area contributed by atoms with E-state index in [4.69, 9.17) is 14.2 Å².